The van der Waals surface area contributed by atoms with Gasteiger partial charge in [0.15, 0.2) is 0 Å². The van der Waals surface area contributed by atoms with Gasteiger partial charge in [0.25, 0.3) is 5.69 Å². The van der Waals surface area contributed by atoms with Crippen LogP contribution in [-0.2, 0) is 11.2 Å². The summed E-state index contributed by atoms with van der Waals surface area (Å²) < 4.78 is 0. The molecular weight excluding hydrogens is 272 g/mol. The molecule has 2 unspecified atom stereocenters. The zero-order valence-corrected chi connectivity index (χ0v) is 12.1. The van der Waals surface area contributed by atoms with Crippen LogP contribution in [-0.4, -0.2) is 40.0 Å². The lowest BCUT2D eigenvalue weighted by Gasteiger charge is -2.37. The Morgan fingerprint density at radius 3 is 2.86 bits per heavy atom. The summed E-state index contributed by atoms with van der Waals surface area (Å²) in [6.45, 7) is 3.23. The maximum Gasteiger partial charge on any atom is 0.321 e. The van der Waals surface area contributed by atoms with Gasteiger partial charge in [0.2, 0.25) is 0 Å². The monoisotopic (exact) mass is 292 g/mol. The first-order chi connectivity index (χ1) is 10.0. The molecule has 0 radical (unpaired) electrons. The number of nitro benzene ring substituents is 1. The molecular formula is C15H20N2O4. The van der Waals surface area contributed by atoms with E-state index in [0.717, 1.165) is 19.4 Å². The number of hydrogen-bond donors (Lipinski definition) is 1. The van der Waals surface area contributed by atoms with Gasteiger partial charge < -0.3 is 5.11 Å². The van der Waals surface area contributed by atoms with Crippen LogP contribution in [0.1, 0.15) is 25.3 Å². The van der Waals surface area contributed by atoms with Crippen molar-refractivity contribution in [3.63, 3.8) is 0 Å². The number of carboxylic acid groups (broad SMARTS) is 1. The quantitative estimate of drug-likeness (QED) is 0.665. The molecule has 2 rings (SSSR count). The van der Waals surface area contributed by atoms with Gasteiger partial charge in [-0.3, -0.25) is 19.8 Å². The molecule has 1 aromatic carbocycles. The van der Waals surface area contributed by atoms with E-state index in [1.54, 1.807) is 18.2 Å². The summed E-state index contributed by atoms with van der Waals surface area (Å²) in [5, 5.41) is 20.4. The largest absolute Gasteiger partial charge is 0.480 e. The second kappa shape index (κ2) is 6.67. The number of carboxylic acids is 1. The Hall–Kier alpha value is -1.95. The predicted molar refractivity (Wildman–Crippen MR) is 78.2 cm³/mol. The molecule has 1 aliphatic rings. The first-order valence-electron chi connectivity index (χ1n) is 7.20. The number of nitro groups is 1. The summed E-state index contributed by atoms with van der Waals surface area (Å²) in [5.74, 6) is -0.688. The SMILES string of the molecule is CC1CCCN(CCc2ccccc2[N+](=O)[O-])C1C(=O)O. The van der Waals surface area contributed by atoms with Crippen LogP contribution >= 0.6 is 0 Å². The highest BCUT2D eigenvalue weighted by atomic mass is 16.6. The van der Waals surface area contributed by atoms with Gasteiger partial charge >= 0.3 is 5.97 Å². The van der Waals surface area contributed by atoms with Gasteiger partial charge in [0, 0.05) is 18.2 Å². The van der Waals surface area contributed by atoms with Crippen LogP contribution in [0, 0.1) is 16.0 Å². The molecule has 0 amide bonds. The van der Waals surface area contributed by atoms with Crippen molar-refractivity contribution in [1.82, 2.24) is 4.90 Å². The molecule has 21 heavy (non-hydrogen) atoms. The molecule has 0 aromatic heterocycles. The molecule has 1 fully saturated rings. The fraction of sp³-hybridized carbons (Fsp3) is 0.533. The van der Waals surface area contributed by atoms with Crippen molar-refractivity contribution in [3.8, 4) is 0 Å². The average molecular weight is 292 g/mol. The summed E-state index contributed by atoms with van der Waals surface area (Å²) in [5.41, 5.74) is 0.763. The van der Waals surface area contributed by atoms with Crippen molar-refractivity contribution in [2.75, 3.05) is 13.1 Å². The molecule has 6 nitrogen and oxygen atoms in total. The van der Waals surface area contributed by atoms with Gasteiger partial charge in [-0.15, -0.1) is 0 Å². The van der Waals surface area contributed by atoms with E-state index in [-0.39, 0.29) is 16.5 Å². The molecule has 6 heteroatoms. The molecule has 1 aromatic rings. The Labute approximate surface area is 123 Å². The third kappa shape index (κ3) is 3.58. The van der Waals surface area contributed by atoms with Gasteiger partial charge in [-0.2, -0.15) is 0 Å². The van der Waals surface area contributed by atoms with Gasteiger partial charge in [0.1, 0.15) is 6.04 Å². The lowest BCUT2D eigenvalue weighted by Crippen LogP contribution is -2.49. The van der Waals surface area contributed by atoms with Crippen LogP contribution in [0.4, 0.5) is 5.69 Å². The van der Waals surface area contributed by atoms with E-state index in [1.165, 1.54) is 6.07 Å². The maximum atomic E-state index is 11.4. The molecule has 2 atom stereocenters. The van der Waals surface area contributed by atoms with Crippen LogP contribution < -0.4 is 0 Å². The molecule has 0 saturated carbocycles. The van der Waals surface area contributed by atoms with Crippen LogP contribution in [0.25, 0.3) is 0 Å². The summed E-state index contributed by atoms with van der Waals surface area (Å²) in [6.07, 6.45) is 2.38. The number of likely N-dealkylation sites (tertiary alicyclic amines) is 1. The first-order valence-corrected chi connectivity index (χ1v) is 7.20. The van der Waals surface area contributed by atoms with Gasteiger partial charge in [-0.05, 0) is 31.7 Å². The number of rotatable bonds is 5. The second-order valence-corrected chi connectivity index (χ2v) is 5.57. The normalized spacial score (nSPS) is 22.9. The van der Waals surface area contributed by atoms with Crippen molar-refractivity contribution < 1.29 is 14.8 Å². The number of hydrogen-bond acceptors (Lipinski definition) is 4. The maximum absolute atomic E-state index is 11.4. The number of carbonyl (C=O) groups is 1. The highest BCUT2D eigenvalue weighted by Crippen LogP contribution is 2.25. The van der Waals surface area contributed by atoms with Crippen molar-refractivity contribution >= 4 is 11.7 Å². The summed E-state index contributed by atoms with van der Waals surface area (Å²) in [7, 11) is 0. The minimum Gasteiger partial charge on any atom is -0.480 e. The Balaban J connectivity index is 2.08. The van der Waals surface area contributed by atoms with Crippen molar-refractivity contribution in [2.45, 2.75) is 32.2 Å². The lowest BCUT2D eigenvalue weighted by atomic mass is 9.90. The number of aliphatic carboxylic acids is 1. The Morgan fingerprint density at radius 2 is 2.19 bits per heavy atom. The van der Waals surface area contributed by atoms with Gasteiger partial charge in [-0.25, -0.2) is 0 Å². The molecule has 114 valence electrons. The fourth-order valence-corrected chi connectivity index (χ4v) is 3.09. The highest BCUT2D eigenvalue weighted by Gasteiger charge is 2.33. The molecule has 1 aliphatic heterocycles. The highest BCUT2D eigenvalue weighted by molar-refractivity contribution is 5.74. The Morgan fingerprint density at radius 1 is 1.48 bits per heavy atom. The minimum absolute atomic E-state index is 0.106. The third-order valence-corrected chi connectivity index (χ3v) is 4.15. The van der Waals surface area contributed by atoms with Crippen LogP contribution in [0.15, 0.2) is 24.3 Å². The van der Waals surface area contributed by atoms with Gasteiger partial charge in [0.05, 0.1) is 4.92 Å². The number of para-hydroxylation sites is 1. The smallest absolute Gasteiger partial charge is 0.321 e. The first kappa shape index (κ1) is 15.4. The van der Waals surface area contributed by atoms with Crippen LogP contribution in [0.5, 0.6) is 0 Å². The minimum atomic E-state index is -0.801. The number of benzene rings is 1. The van der Waals surface area contributed by atoms with Crippen molar-refractivity contribution in [3.05, 3.63) is 39.9 Å². The van der Waals surface area contributed by atoms with E-state index in [1.807, 2.05) is 11.8 Å². The van der Waals surface area contributed by atoms with Crippen LogP contribution in [0.2, 0.25) is 0 Å². The van der Waals surface area contributed by atoms with E-state index < -0.39 is 12.0 Å². The van der Waals surface area contributed by atoms with Gasteiger partial charge in [-0.1, -0.05) is 25.1 Å². The zero-order valence-electron chi connectivity index (χ0n) is 12.1. The second-order valence-electron chi connectivity index (χ2n) is 5.57. The Kier molecular flexibility index (Phi) is 4.90. The summed E-state index contributed by atoms with van der Waals surface area (Å²) >= 11 is 0. The third-order valence-electron chi connectivity index (χ3n) is 4.15. The number of nitrogens with zero attached hydrogens (tertiary/aromatic N) is 2. The van der Waals surface area contributed by atoms with E-state index in [2.05, 4.69) is 0 Å². The predicted octanol–water partition coefficient (Wildman–Crippen LogP) is 2.32. The summed E-state index contributed by atoms with van der Waals surface area (Å²) in [6, 6.07) is 6.16. The van der Waals surface area contributed by atoms with E-state index >= 15 is 0 Å². The van der Waals surface area contributed by atoms with E-state index in [9.17, 15) is 20.0 Å². The van der Waals surface area contributed by atoms with Crippen molar-refractivity contribution in [1.29, 1.82) is 0 Å². The molecule has 1 saturated heterocycles. The molecule has 0 bridgehead atoms. The van der Waals surface area contributed by atoms with E-state index in [4.69, 9.17) is 0 Å². The zero-order chi connectivity index (χ0) is 15.4. The Bertz CT molecular complexity index is 532. The molecule has 1 heterocycles. The molecule has 0 spiro atoms. The lowest BCUT2D eigenvalue weighted by molar-refractivity contribution is -0.385. The average Bonchev–Trinajstić information content (AvgIpc) is 2.44. The van der Waals surface area contributed by atoms with Crippen LogP contribution in [0.3, 0.4) is 0 Å². The fourth-order valence-electron chi connectivity index (χ4n) is 3.09. The number of piperidine rings is 1. The molecule has 1 N–H and O–H groups in total. The summed E-state index contributed by atoms with van der Waals surface area (Å²) in [4.78, 5) is 24.0. The molecule has 0 aliphatic carbocycles. The van der Waals surface area contributed by atoms with Crippen molar-refractivity contribution in [2.24, 2.45) is 5.92 Å². The van der Waals surface area contributed by atoms with E-state index in [0.29, 0.717) is 18.5 Å². The topological polar surface area (TPSA) is 83.7 Å². The standard InChI is InChI=1S/C15H20N2O4/c1-11-5-4-9-16(14(11)15(18)19)10-8-12-6-2-3-7-13(12)17(20)21/h2-3,6-7,11,14H,4-5,8-10H2,1H3,(H,18,19).